The molecule has 13 heavy (non-hydrogen) atoms. The quantitative estimate of drug-likeness (QED) is 0.737. The minimum atomic E-state index is -0.116. The van der Waals surface area contributed by atoms with Crippen LogP contribution in [0.25, 0.3) is 0 Å². The molecule has 1 unspecified atom stereocenters. The average molecular weight is 183 g/mol. The number of ether oxygens (including phenoxy) is 1. The Hall–Kier alpha value is -0.940. The third-order valence-electron chi connectivity index (χ3n) is 2.31. The standard InChI is InChI=1S/C8H13N3O2/c1-5(12-2)8-10-7(11-13-8)6-3-9-4-6/h5-6,9H,3-4H2,1-2H3. The molecule has 1 atom stereocenters. The molecule has 5 heteroatoms. The van der Waals surface area contributed by atoms with E-state index in [1.165, 1.54) is 0 Å². The molecule has 0 aromatic carbocycles. The van der Waals surface area contributed by atoms with Crippen molar-refractivity contribution in [1.29, 1.82) is 0 Å². The van der Waals surface area contributed by atoms with E-state index >= 15 is 0 Å². The minimum absolute atomic E-state index is 0.116. The molecule has 1 aromatic heterocycles. The second-order valence-electron chi connectivity index (χ2n) is 3.22. The molecule has 1 saturated heterocycles. The minimum Gasteiger partial charge on any atom is -0.372 e. The van der Waals surface area contributed by atoms with Gasteiger partial charge in [-0.15, -0.1) is 0 Å². The van der Waals surface area contributed by atoms with E-state index in [1.54, 1.807) is 7.11 Å². The first-order valence-electron chi connectivity index (χ1n) is 4.38. The van der Waals surface area contributed by atoms with Gasteiger partial charge in [-0.05, 0) is 6.92 Å². The summed E-state index contributed by atoms with van der Waals surface area (Å²) in [7, 11) is 1.62. The summed E-state index contributed by atoms with van der Waals surface area (Å²) in [5.41, 5.74) is 0. The summed E-state index contributed by atoms with van der Waals surface area (Å²) in [5.74, 6) is 1.77. The molecule has 2 rings (SSSR count). The SMILES string of the molecule is COC(C)c1nc(C2CNC2)no1. The Morgan fingerprint density at radius 1 is 1.62 bits per heavy atom. The molecule has 0 spiro atoms. The lowest BCUT2D eigenvalue weighted by Gasteiger charge is -2.23. The number of aromatic nitrogens is 2. The highest BCUT2D eigenvalue weighted by Crippen LogP contribution is 2.19. The topological polar surface area (TPSA) is 60.2 Å². The van der Waals surface area contributed by atoms with Gasteiger partial charge in [0, 0.05) is 26.1 Å². The van der Waals surface area contributed by atoms with Crippen molar-refractivity contribution in [3.8, 4) is 0 Å². The summed E-state index contributed by atoms with van der Waals surface area (Å²) >= 11 is 0. The van der Waals surface area contributed by atoms with Gasteiger partial charge < -0.3 is 14.6 Å². The lowest BCUT2D eigenvalue weighted by atomic mass is 10.0. The van der Waals surface area contributed by atoms with E-state index in [-0.39, 0.29) is 6.10 Å². The normalized spacial score (nSPS) is 19.8. The van der Waals surface area contributed by atoms with Crippen molar-refractivity contribution in [2.24, 2.45) is 0 Å². The van der Waals surface area contributed by atoms with Crippen molar-refractivity contribution in [1.82, 2.24) is 15.5 Å². The second-order valence-corrected chi connectivity index (χ2v) is 3.22. The molecule has 1 aromatic rings. The van der Waals surface area contributed by atoms with Crippen LogP contribution in [0, 0.1) is 0 Å². The Labute approximate surface area is 76.5 Å². The van der Waals surface area contributed by atoms with Crippen LogP contribution in [0.15, 0.2) is 4.52 Å². The van der Waals surface area contributed by atoms with Crippen molar-refractivity contribution >= 4 is 0 Å². The van der Waals surface area contributed by atoms with Gasteiger partial charge in [-0.2, -0.15) is 4.98 Å². The molecule has 72 valence electrons. The van der Waals surface area contributed by atoms with E-state index < -0.39 is 0 Å². The summed E-state index contributed by atoms with van der Waals surface area (Å²) < 4.78 is 10.1. The average Bonchev–Trinajstić information content (AvgIpc) is 2.49. The van der Waals surface area contributed by atoms with Crippen molar-refractivity contribution in [3.63, 3.8) is 0 Å². The third-order valence-corrected chi connectivity index (χ3v) is 2.31. The molecule has 0 amide bonds. The summed E-state index contributed by atoms with van der Waals surface area (Å²) in [6, 6.07) is 0. The van der Waals surface area contributed by atoms with Crippen LogP contribution < -0.4 is 5.32 Å². The largest absolute Gasteiger partial charge is 0.372 e. The Kier molecular flexibility index (Phi) is 2.28. The fourth-order valence-electron chi connectivity index (χ4n) is 1.15. The van der Waals surface area contributed by atoms with Gasteiger partial charge in [-0.3, -0.25) is 0 Å². The molecule has 1 fully saturated rings. The summed E-state index contributed by atoms with van der Waals surface area (Å²) in [6.45, 7) is 3.77. The molecular formula is C8H13N3O2. The van der Waals surface area contributed by atoms with Gasteiger partial charge in [-0.1, -0.05) is 5.16 Å². The molecule has 0 radical (unpaired) electrons. The highest BCUT2D eigenvalue weighted by atomic mass is 16.5. The number of rotatable bonds is 3. The molecule has 0 bridgehead atoms. The second kappa shape index (κ2) is 3.43. The summed E-state index contributed by atoms with van der Waals surface area (Å²) in [4.78, 5) is 4.26. The molecule has 0 saturated carbocycles. The van der Waals surface area contributed by atoms with Crippen molar-refractivity contribution in [2.45, 2.75) is 18.9 Å². The number of methoxy groups -OCH3 is 1. The maximum absolute atomic E-state index is 5.07. The molecular weight excluding hydrogens is 170 g/mol. The smallest absolute Gasteiger partial charge is 0.255 e. The predicted molar refractivity (Wildman–Crippen MR) is 45.3 cm³/mol. The number of nitrogens with zero attached hydrogens (tertiary/aromatic N) is 2. The van der Waals surface area contributed by atoms with Crippen molar-refractivity contribution in [2.75, 3.05) is 20.2 Å². The Balaban J connectivity index is 2.08. The monoisotopic (exact) mass is 183 g/mol. The zero-order valence-electron chi connectivity index (χ0n) is 7.78. The highest BCUT2D eigenvalue weighted by molar-refractivity contribution is 5.03. The fraction of sp³-hybridized carbons (Fsp3) is 0.750. The molecule has 1 N–H and O–H groups in total. The van der Waals surface area contributed by atoms with Crippen LogP contribution in [0.3, 0.4) is 0 Å². The lowest BCUT2D eigenvalue weighted by Crippen LogP contribution is -2.40. The number of hydrogen-bond donors (Lipinski definition) is 1. The number of nitrogens with one attached hydrogen (secondary N) is 1. The van der Waals surface area contributed by atoms with E-state index in [0.29, 0.717) is 11.8 Å². The third kappa shape index (κ3) is 1.57. The van der Waals surface area contributed by atoms with Crippen LogP contribution in [0.5, 0.6) is 0 Å². The summed E-state index contributed by atoms with van der Waals surface area (Å²) in [6.07, 6.45) is -0.116. The molecule has 2 heterocycles. The zero-order valence-corrected chi connectivity index (χ0v) is 7.78. The van der Waals surface area contributed by atoms with E-state index in [4.69, 9.17) is 9.26 Å². The van der Waals surface area contributed by atoms with Gasteiger partial charge >= 0.3 is 0 Å². The predicted octanol–water partition coefficient (Wildman–Crippen LogP) is 0.464. The fourth-order valence-corrected chi connectivity index (χ4v) is 1.15. The van der Waals surface area contributed by atoms with E-state index in [2.05, 4.69) is 15.5 Å². The van der Waals surface area contributed by atoms with Crippen LogP contribution in [0.4, 0.5) is 0 Å². The molecule has 1 aliphatic rings. The highest BCUT2D eigenvalue weighted by Gasteiger charge is 2.25. The first kappa shape index (κ1) is 8.65. The number of hydrogen-bond acceptors (Lipinski definition) is 5. The Morgan fingerprint density at radius 3 is 2.92 bits per heavy atom. The van der Waals surface area contributed by atoms with E-state index in [1.807, 2.05) is 6.92 Å². The first-order valence-corrected chi connectivity index (χ1v) is 4.38. The van der Waals surface area contributed by atoms with Gasteiger partial charge in [0.05, 0.1) is 0 Å². The molecule has 0 aliphatic carbocycles. The maximum atomic E-state index is 5.07. The molecule has 5 nitrogen and oxygen atoms in total. The Bertz CT molecular complexity index is 263. The van der Waals surface area contributed by atoms with Crippen LogP contribution in [0.1, 0.15) is 30.7 Å². The van der Waals surface area contributed by atoms with Gasteiger partial charge in [0.15, 0.2) is 5.82 Å². The van der Waals surface area contributed by atoms with Gasteiger partial charge in [0.25, 0.3) is 5.89 Å². The van der Waals surface area contributed by atoms with Crippen LogP contribution >= 0.6 is 0 Å². The van der Waals surface area contributed by atoms with Crippen LogP contribution in [-0.4, -0.2) is 30.3 Å². The van der Waals surface area contributed by atoms with E-state index in [0.717, 1.165) is 18.9 Å². The lowest BCUT2D eigenvalue weighted by molar-refractivity contribution is 0.0886. The van der Waals surface area contributed by atoms with Gasteiger partial charge in [-0.25, -0.2) is 0 Å². The van der Waals surface area contributed by atoms with Crippen molar-refractivity contribution in [3.05, 3.63) is 11.7 Å². The zero-order chi connectivity index (χ0) is 9.26. The van der Waals surface area contributed by atoms with Crippen molar-refractivity contribution < 1.29 is 9.26 Å². The van der Waals surface area contributed by atoms with E-state index in [9.17, 15) is 0 Å². The van der Waals surface area contributed by atoms with Crippen LogP contribution in [-0.2, 0) is 4.74 Å². The van der Waals surface area contributed by atoms with Gasteiger partial charge in [0.2, 0.25) is 0 Å². The Morgan fingerprint density at radius 2 is 2.38 bits per heavy atom. The van der Waals surface area contributed by atoms with Crippen LogP contribution in [0.2, 0.25) is 0 Å². The maximum Gasteiger partial charge on any atom is 0.255 e. The first-order chi connectivity index (χ1) is 6.31. The van der Waals surface area contributed by atoms with Gasteiger partial charge in [0.1, 0.15) is 6.10 Å². The summed E-state index contributed by atoms with van der Waals surface area (Å²) in [5, 5.41) is 7.06. The molecule has 1 aliphatic heterocycles.